The molecule has 0 aliphatic rings. The highest BCUT2D eigenvalue weighted by atomic mass is 35.5. The van der Waals surface area contributed by atoms with E-state index in [1.165, 1.54) is 18.2 Å². The van der Waals surface area contributed by atoms with Gasteiger partial charge in [0, 0.05) is 6.04 Å². The number of sulfonamides is 1. The van der Waals surface area contributed by atoms with Crippen LogP contribution in [0, 0.1) is 12.3 Å². The van der Waals surface area contributed by atoms with Gasteiger partial charge in [-0.3, -0.25) is 4.79 Å². The normalized spacial score (nSPS) is 11.2. The average molecular weight is 315 g/mol. The Morgan fingerprint density at radius 2 is 2.10 bits per heavy atom. The number of terminal acetylenes is 1. The number of rotatable bonds is 5. The second-order valence-electron chi connectivity index (χ2n) is 4.30. The van der Waals surface area contributed by atoms with Crippen molar-refractivity contribution in [2.75, 3.05) is 6.54 Å². The molecule has 5 nitrogen and oxygen atoms in total. The van der Waals surface area contributed by atoms with Crippen LogP contribution < -0.4 is 10.0 Å². The molecule has 0 aliphatic carbocycles. The number of hydrogen-bond acceptors (Lipinski definition) is 3. The summed E-state index contributed by atoms with van der Waals surface area (Å²) < 4.78 is 26.5. The minimum Gasteiger partial charge on any atom is -0.341 e. The van der Waals surface area contributed by atoms with Crippen LogP contribution in [-0.4, -0.2) is 26.9 Å². The number of carbonyl (C=O) groups is 1. The largest absolute Gasteiger partial charge is 0.341 e. The molecule has 0 spiro atoms. The van der Waals surface area contributed by atoms with E-state index >= 15 is 0 Å². The third-order valence-corrected chi connectivity index (χ3v) is 4.22. The molecule has 1 amide bonds. The number of nitrogens with one attached hydrogen (secondary N) is 2. The second-order valence-corrected chi connectivity index (χ2v) is 6.43. The molecule has 2 N–H and O–H groups in total. The Morgan fingerprint density at radius 3 is 2.65 bits per heavy atom. The molecule has 7 heteroatoms. The van der Waals surface area contributed by atoms with E-state index in [-0.39, 0.29) is 28.1 Å². The van der Waals surface area contributed by atoms with E-state index in [9.17, 15) is 13.2 Å². The zero-order valence-corrected chi connectivity index (χ0v) is 12.7. The van der Waals surface area contributed by atoms with Gasteiger partial charge in [0.25, 0.3) is 5.91 Å². The van der Waals surface area contributed by atoms with Crippen LogP contribution in [0.15, 0.2) is 23.1 Å². The van der Waals surface area contributed by atoms with E-state index < -0.39 is 15.9 Å². The molecule has 0 aromatic heterocycles. The summed E-state index contributed by atoms with van der Waals surface area (Å²) in [6.07, 6.45) is 5.04. The molecule has 0 bridgehead atoms. The molecule has 0 atom stereocenters. The summed E-state index contributed by atoms with van der Waals surface area (Å²) in [4.78, 5) is 11.8. The fourth-order valence-corrected chi connectivity index (χ4v) is 2.93. The van der Waals surface area contributed by atoms with Crippen molar-refractivity contribution < 1.29 is 13.2 Å². The Hall–Kier alpha value is -1.55. The van der Waals surface area contributed by atoms with Crippen LogP contribution in [0.3, 0.4) is 0 Å². The van der Waals surface area contributed by atoms with Crippen LogP contribution in [0.2, 0.25) is 5.02 Å². The summed E-state index contributed by atoms with van der Waals surface area (Å²) in [5.74, 6) is 1.73. The predicted octanol–water partition coefficient (Wildman–Crippen LogP) is 1.39. The summed E-state index contributed by atoms with van der Waals surface area (Å²) in [5.41, 5.74) is 0.0635. The van der Waals surface area contributed by atoms with Crippen LogP contribution in [0.5, 0.6) is 0 Å². The molecule has 0 unspecified atom stereocenters. The van der Waals surface area contributed by atoms with Crippen molar-refractivity contribution in [2.45, 2.75) is 24.8 Å². The van der Waals surface area contributed by atoms with Crippen LogP contribution >= 0.6 is 11.6 Å². The zero-order valence-electron chi connectivity index (χ0n) is 11.1. The lowest BCUT2D eigenvalue weighted by Crippen LogP contribution is -2.30. The monoisotopic (exact) mass is 314 g/mol. The molecular formula is C13H15ClN2O3S. The lowest BCUT2D eigenvalue weighted by Gasteiger charge is -2.11. The molecule has 0 saturated carbocycles. The molecule has 0 aliphatic heterocycles. The SMILES string of the molecule is C#CCNC(=O)c1cc(S(=O)(=O)NC(C)C)ccc1Cl. The lowest BCUT2D eigenvalue weighted by atomic mass is 10.2. The summed E-state index contributed by atoms with van der Waals surface area (Å²) in [5, 5.41) is 2.59. The Kier molecular flexibility index (Phi) is 5.57. The van der Waals surface area contributed by atoms with Gasteiger partial charge in [-0.25, -0.2) is 13.1 Å². The Bertz CT molecular complexity index is 648. The molecule has 1 aromatic rings. The molecule has 108 valence electrons. The average Bonchev–Trinajstić information content (AvgIpc) is 2.34. The molecule has 0 fully saturated rings. The van der Waals surface area contributed by atoms with Crippen molar-refractivity contribution in [3.63, 3.8) is 0 Å². The van der Waals surface area contributed by atoms with Gasteiger partial charge in [-0.2, -0.15) is 0 Å². The molecule has 0 radical (unpaired) electrons. The topological polar surface area (TPSA) is 75.3 Å². The first-order valence-electron chi connectivity index (χ1n) is 5.81. The third-order valence-electron chi connectivity index (χ3n) is 2.23. The standard InChI is InChI=1S/C13H15ClN2O3S/c1-4-7-15-13(17)11-8-10(5-6-12(11)14)20(18,19)16-9(2)3/h1,5-6,8-9,16H,7H2,2-3H3,(H,15,17). The molecule has 0 heterocycles. The van der Waals surface area contributed by atoms with Gasteiger partial charge < -0.3 is 5.32 Å². The van der Waals surface area contributed by atoms with Crippen LogP contribution in [0.1, 0.15) is 24.2 Å². The van der Waals surface area contributed by atoms with Crippen molar-refractivity contribution in [3.05, 3.63) is 28.8 Å². The zero-order chi connectivity index (χ0) is 15.3. The first-order chi connectivity index (χ1) is 9.27. The highest BCUT2D eigenvalue weighted by Gasteiger charge is 2.19. The maximum absolute atomic E-state index is 12.0. The van der Waals surface area contributed by atoms with Crippen LogP contribution in [0.25, 0.3) is 0 Å². The number of carbonyl (C=O) groups excluding carboxylic acids is 1. The van der Waals surface area contributed by atoms with Gasteiger partial charge in [0.2, 0.25) is 10.0 Å². The van der Waals surface area contributed by atoms with E-state index in [1.54, 1.807) is 13.8 Å². The summed E-state index contributed by atoms with van der Waals surface area (Å²) in [6, 6.07) is 3.67. The fraction of sp³-hybridized carbons (Fsp3) is 0.308. The predicted molar refractivity (Wildman–Crippen MR) is 78.1 cm³/mol. The van der Waals surface area contributed by atoms with Gasteiger partial charge in [-0.15, -0.1) is 6.42 Å². The number of benzene rings is 1. The minimum atomic E-state index is -3.68. The quantitative estimate of drug-likeness (QED) is 0.806. The summed E-state index contributed by atoms with van der Waals surface area (Å²) in [7, 11) is -3.68. The van der Waals surface area contributed by atoms with Crippen LogP contribution in [-0.2, 0) is 10.0 Å². The first kappa shape index (κ1) is 16.5. The van der Waals surface area contributed by atoms with Gasteiger partial charge >= 0.3 is 0 Å². The third kappa shape index (κ3) is 4.23. The van der Waals surface area contributed by atoms with E-state index in [0.717, 1.165) is 0 Å². The number of halogens is 1. The maximum Gasteiger partial charge on any atom is 0.253 e. The molecule has 20 heavy (non-hydrogen) atoms. The number of amides is 1. The summed E-state index contributed by atoms with van der Waals surface area (Å²) >= 11 is 5.90. The number of hydrogen-bond donors (Lipinski definition) is 2. The van der Waals surface area contributed by atoms with E-state index in [4.69, 9.17) is 18.0 Å². The van der Waals surface area contributed by atoms with E-state index in [0.29, 0.717) is 0 Å². The Morgan fingerprint density at radius 1 is 1.45 bits per heavy atom. The second kappa shape index (κ2) is 6.75. The Labute approximate surface area is 123 Å². The maximum atomic E-state index is 12.0. The lowest BCUT2D eigenvalue weighted by molar-refractivity contribution is 0.0958. The molecule has 1 aromatic carbocycles. The fourth-order valence-electron chi connectivity index (χ4n) is 1.45. The van der Waals surface area contributed by atoms with Gasteiger partial charge in [-0.05, 0) is 32.0 Å². The van der Waals surface area contributed by atoms with E-state index in [1.807, 2.05) is 0 Å². The highest BCUT2D eigenvalue weighted by Crippen LogP contribution is 2.20. The minimum absolute atomic E-state index is 0.0264. The van der Waals surface area contributed by atoms with Gasteiger partial charge in [0.1, 0.15) is 0 Å². The van der Waals surface area contributed by atoms with Crippen molar-refractivity contribution in [1.29, 1.82) is 0 Å². The van der Waals surface area contributed by atoms with Gasteiger partial charge in [-0.1, -0.05) is 17.5 Å². The van der Waals surface area contributed by atoms with Crippen molar-refractivity contribution in [2.24, 2.45) is 0 Å². The molecule has 0 saturated heterocycles. The first-order valence-corrected chi connectivity index (χ1v) is 7.67. The van der Waals surface area contributed by atoms with Crippen molar-refractivity contribution >= 4 is 27.5 Å². The van der Waals surface area contributed by atoms with Crippen molar-refractivity contribution in [3.8, 4) is 12.3 Å². The smallest absolute Gasteiger partial charge is 0.253 e. The molecule has 1 rings (SSSR count). The van der Waals surface area contributed by atoms with Crippen molar-refractivity contribution in [1.82, 2.24) is 10.0 Å². The summed E-state index contributed by atoms with van der Waals surface area (Å²) in [6.45, 7) is 3.44. The molecular weight excluding hydrogens is 300 g/mol. The highest BCUT2D eigenvalue weighted by molar-refractivity contribution is 7.89. The van der Waals surface area contributed by atoms with Gasteiger partial charge in [0.15, 0.2) is 0 Å². The van der Waals surface area contributed by atoms with E-state index in [2.05, 4.69) is 16.0 Å². The Balaban J connectivity index is 3.15. The van der Waals surface area contributed by atoms with Gasteiger partial charge in [0.05, 0.1) is 22.0 Å². The van der Waals surface area contributed by atoms with Crippen LogP contribution in [0.4, 0.5) is 0 Å².